The lowest BCUT2D eigenvalue weighted by Gasteiger charge is -2.18. The number of carbonyl (C=O) groups excluding carboxylic acids is 3. The Morgan fingerprint density at radius 3 is 2.48 bits per heavy atom. The van der Waals surface area contributed by atoms with Crippen LogP contribution in [0.15, 0.2) is 70.5 Å². The number of fused-ring (bicyclic) bond motifs is 2. The van der Waals surface area contributed by atoms with E-state index in [0.717, 1.165) is 21.0 Å². The second kappa shape index (κ2) is 8.28. The molecular weight excluding hydrogens is 410 g/mol. The van der Waals surface area contributed by atoms with Gasteiger partial charge in [-0.25, -0.2) is 0 Å². The molecule has 6 nitrogen and oxygen atoms in total. The van der Waals surface area contributed by atoms with Gasteiger partial charge < -0.3 is 15.5 Å². The van der Waals surface area contributed by atoms with Gasteiger partial charge in [0.1, 0.15) is 0 Å². The maximum absolute atomic E-state index is 12.8. The van der Waals surface area contributed by atoms with Crippen LogP contribution in [0, 0.1) is 6.92 Å². The summed E-state index contributed by atoms with van der Waals surface area (Å²) < 4.78 is 0. The van der Waals surface area contributed by atoms with Gasteiger partial charge in [-0.15, -0.1) is 0 Å². The largest absolute Gasteiger partial charge is 0.326 e. The zero-order valence-corrected chi connectivity index (χ0v) is 18.2. The van der Waals surface area contributed by atoms with E-state index in [0.29, 0.717) is 22.5 Å². The van der Waals surface area contributed by atoms with E-state index < -0.39 is 0 Å². The molecule has 1 heterocycles. The van der Waals surface area contributed by atoms with Crippen LogP contribution in [-0.4, -0.2) is 24.8 Å². The number of benzene rings is 3. The molecule has 7 heteroatoms. The van der Waals surface area contributed by atoms with Crippen molar-refractivity contribution in [3.63, 3.8) is 0 Å². The fourth-order valence-corrected chi connectivity index (χ4v) is 4.53. The number of hydrogen-bond acceptors (Lipinski definition) is 4. The molecule has 0 aliphatic carbocycles. The summed E-state index contributed by atoms with van der Waals surface area (Å²) in [5, 5.41) is 5.65. The van der Waals surface area contributed by atoms with Crippen molar-refractivity contribution in [3.8, 4) is 0 Å². The molecule has 3 aromatic carbocycles. The van der Waals surface area contributed by atoms with Gasteiger partial charge in [-0.2, -0.15) is 0 Å². The minimum absolute atomic E-state index is 0.0659. The third-order valence-corrected chi connectivity index (χ3v) is 6.15. The average Bonchev–Trinajstić information content (AvgIpc) is 2.84. The van der Waals surface area contributed by atoms with Gasteiger partial charge in [-0.05, 0) is 55.0 Å². The Bertz CT molecular complexity index is 1220. The SMILES string of the molecule is CC(=O)Nc1cc(C(=O)Nc2ccc3c(c2)Sc2ccccc2C(=O)N3C)ccc1C. The smallest absolute Gasteiger partial charge is 0.259 e. The lowest BCUT2D eigenvalue weighted by molar-refractivity contribution is -0.114. The Morgan fingerprint density at radius 1 is 0.935 bits per heavy atom. The van der Waals surface area contributed by atoms with Crippen molar-refractivity contribution in [1.82, 2.24) is 0 Å². The predicted octanol–water partition coefficient (Wildman–Crippen LogP) is 4.95. The molecule has 0 bridgehead atoms. The van der Waals surface area contributed by atoms with Crippen LogP contribution in [0.2, 0.25) is 0 Å². The highest BCUT2D eigenvalue weighted by Crippen LogP contribution is 2.42. The fourth-order valence-electron chi connectivity index (χ4n) is 3.38. The van der Waals surface area contributed by atoms with Gasteiger partial charge in [-0.1, -0.05) is 30.0 Å². The monoisotopic (exact) mass is 431 g/mol. The van der Waals surface area contributed by atoms with Gasteiger partial charge in [0.25, 0.3) is 11.8 Å². The van der Waals surface area contributed by atoms with Crippen molar-refractivity contribution >= 4 is 46.5 Å². The van der Waals surface area contributed by atoms with Crippen molar-refractivity contribution in [3.05, 3.63) is 77.4 Å². The Labute approximate surface area is 184 Å². The summed E-state index contributed by atoms with van der Waals surface area (Å²) in [6.07, 6.45) is 0. The van der Waals surface area contributed by atoms with Gasteiger partial charge in [0, 0.05) is 40.7 Å². The van der Waals surface area contributed by atoms with E-state index in [1.165, 1.54) is 18.7 Å². The summed E-state index contributed by atoms with van der Waals surface area (Å²) in [7, 11) is 1.75. The second-order valence-electron chi connectivity index (χ2n) is 7.31. The first-order valence-electron chi connectivity index (χ1n) is 9.72. The summed E-state index contributed by atoms with van der Waals surface area (Å²) in [5.74, 6) is -0.541. The molecule has 0 fully saturated rings. The number of rotatable bonds is 3. The first kappa shape index (κ1) is 20.7. The average molecular weight is 432 g/mol. The lowest BCUT2D eigenvalue weighted by atomic mass is 10.1. The predicted molar refractivity (Wildman–Crippen MR) is 123 cm³/mol. The number of hydrogen-bond donors (Lipinski definition) is 2. The molecule has 2 N–H and O–H groups in total. The van der Waals surface area contributed by atoms with Crippen molar-refractivity contribution in [2.45, 2.75) is 23.6 Å². The molecule has 3 aromatic rings. The van der Waals surface area contributed by atoms with Crippen LogP contribution in [0.3, 0.4) is 0 Å². The van der Waals surface area contributed by atoms with Crippen molar-refractivity contribution in [2.24, 2.45) is 0 Å². The van der Waals surface area contributed by atoms with Crippen molar-refractivity contribution in [2.75, 3.05) is 22.6 Å². The number of carbonyl (C=O) groups is 3. The minimum atomic E-state index is -0.282. The van der Waals surface area contributed by atoms with Gasteiger partial charge in [0.2, 0.25) is 5.91 Å². The van der Waals surface area contributed by atoms with E-state index in [2.05, 4.69) is 10.6 Å². The molecule has 31 heavy (non-hydrogen) atoms. The van der Waals surface area contributed by atoms with Crippen LogP contribution >= 0.6 is 11.8 Å². The maximum Gasteiger partial charge on any atom is 0.259 e. The van der Waals surface area contributed by atoms with Crippen LogP contribution in [0.4, 0.5) is 17.1 Å². The third kappa shape index (κ3) is 4.18. The quantitative estimate of drug-likeness (QED) is 0.615. The molecule has 0 unspecified atom stereocenters. The molecule has 0 atom stereocenters. The third-order valence-electron chi connectivity index (χ3n) is 5.03. The summed E-state index contributed by atoms with van der Waals surface area (Å²) >= 11 is 1.50. The standard InChI is InChI=1S/C24H21N3O3S/c1-14-8-9-16(12-19(14)25-15(2)28)23(29)26-17-10-11-20-22(13-17)31-21-7-5-4-6-18(21)24(30)27(20)3/h4-13H,1-3H3,(H,25,28)(H,26,29). The molecule has 156 valence electrons. The molecule has 3 amide bonds. The van der Waals surface area contributed by atoms with Crippen molar-refractivity contribution < 1.29 is 14.4 Å². The summed E-state index contributed by atoms with van der Waals surface area (Å²) in [6, 6.07) is 18.1. The second-order valence-corrected chi connectivity index (χ2v) is 8.39. The molecule has 1 aliphatic rings. The number of nitrogens with zero attached hydrogens (tertiary/aromatic N) is 1. The normalized spacial score (nSPS) is 12.5. The van der Waals surface area contributed by atoms with Crippen LogP contribution in [0.1, 0.15) is 33.2 Å². The fraction of sp³-hybridized carbons (Fsp3) is 0.125. The zero-order chi connectivity index (χ0) is 22.1. The molecule has 0 radical (unpaired) electrons. The van der Waals surface area contributed by atoms with Gasteiger partial charge in [0.15, 0.2) is 0 Å². The number of amides is 3. The lowest BCUT2D eigenvalue weighted by Crippen LogP contribution is -2.26. The molecular formula is C24H21N3O3S. The number of aryl methyl sites for hydroxylation is 1. The van der Waals surface area contributed by atoms with E-state index in [9.17, 15) is 14.4 Å². The molecule has 0 spiro atoms. The van der Waals surface area contributed by atoms with Gasteiger partial charge >= 0.3 is 0 Å². The molecule has 1 aliphatic heterocycles. The van der Waals surface area contributed by atoms with E-state index in [4.69, 9.17) is 0 Å². The van der Waals surface area contributed by atoms with E-state index in [1.54, 1.807) is 36.2 Å². The molecule has 0 aromatic heterocycles. The Morgan fingerprint density at radius 2 is 1.71 bits per heavy atom. The summed E-state index contributed by atoms with van der Waals surface area (Å²) in [6.45, 7) is 3.30. The highest BCUT2D eigenvalue weighted by molar-refractivity contribution is 7.99. The highest BCUT2D eigenvalue weighted by atomic mass is 32.2. The van der Waals surface area contributed by atoms with Gasteiger partial charge in [0.05, 0.1) is 11.3 Å². The molecule has 0 saturated carbocycles. The highest BCUT2D eigenvalue weighted by Gasteiger charge is 2.24. The molecule has 0 saturated heterocycles. The van der Waals surface area contributed by atoms with Crippen LogP contribution in [0.25, 0.3) is 0 Å². The van der Waals surface area contributed by atoms with Crippen LogP contribution < -0.4 is 15.5 Å². The Balaban J connectivity index is 1.62. The first-order chi connectivity index (χ1) is 14.8. The summed E-state index contributed by atoms with van der Waals surface area (Å²) in [5.41, 5.74) is 3.98. The maximum atomic E-state index is 12.8. The topological polar surface area (TPSA) is 78.5 Å². The Hall–Kier alpha value is -3.58. The Kier molecular flexibility index (Phi) is 5.52. The van der Waals surface area contributed by atoms with E-state index >= 15 is 0 Å². The zero-order valence-electron chi connectivity index (χ0n) is 17.4. The van der Waals surface area contributed by atoms with Gasteiger partial charge in [-0.3, -0.25) is 14.4 Å². The van der Waals surface area contributed by atoms with Crippen LogP contribution in [0.5, 0.6) is 0 Å². The van der Waals surface area contributed by atoms with E-state index in [1.807, 2.05) is 43.3 Å². The van der Waals surface area contributed by atoms with Crippen molar-refractivity contribution in [1.29, 1.82) is 0 Å². The summed E-state index contributed by atoms with van der Waals surface area (Å²) in [4.78, 5) is 40.4. The van der Waals surface area contributed by atoms with Crippen LogP contribution in [-0.2, 0) is 4.79 Å². The molecule has 4 rings (SSSR count). The number of anilines is 3. The number of nitrogens with one attached hydrogen (secondary N) is 2. The first-order valence-corrected chi connectivity index (χ1v) is 10.5. The minimum Gasteiger partial charge on any atom is -0.326 e. The van der Waals surface area contributed by atoms with E-state index in [-0.39, 0.29) is 17.7 Å².